The maximum atomic E-state index is 2.54. The summed E-state index contributed by atoms with van der Waals surface area (Å²) >= 11 is 0. The van der Waals surface area contributed by atoms with Gasteiger partial charge in [0.1, 0.15) is 0 Å². The molecule has 82 heavy (non-hydrogen) atoms. The molecule has 0 saturated heterocycles. The summed E-state index contributed by atoms with van der Waals surface area (Å²) in [6.07, 6.45) is 0. The van der Waals surface area contributed by atoms with Gasteiger partial charge in [0.25, 0.3) is 0 Å². The fourth-order valence-electron chi connectivity index (χ4n) is 13.5. The summed E-state index contributed by atoms with van der Waals surface area (Å²) in [5, 5.41) is 12.7. The van der Waals surface area contributed by atoms with Crippen molar-refractivity contribution in [1.82, 2.24) is 13.7 Å². The second-order valence-electron chi connectivity index (χ2n) is 21.6. The summed E-state index contributed by atoms with van der Waals surface area (Å²) < 4.78 is 7.47. The lowest BCUT2D eigenvalue weighted by Crippen LogP contribution is -2.74. The number of nitrogens with zero attached hydrogens (tertiary/aromatic N) is 3. The summed E-state index contributed by atoms with van der Waals surface area (Å²) in [5.74, 6) is 0. The van der Waals surface area contributed by atoms with Crippen LogP contribution in [0.4, 0.5) is 0 Å². The fourth-order valence-corrected chi connectivity index (χ4v) is 18.2. The van der Waals surface area contributed by atoms with Crippen molar-refractivity contribution in [1.29, 1.82) is 0 Å². The lowest BCUT2D eigenvalue weighted by Gasteiger charge is -2.34. The molecule has 4 heteroatoms. The van der Waals surface area contributed by atoms with Gasteiger partial charge in [-0.2, -0.15) is 0 Å². The van der Waals surface area contributed by atoms with Crippen molar-refractivity contribution in [3.05, 3.63) is 322 Å². The van der Waals surface area contributed by atoms with E-state index in [-0.39, 0.29) is 0 Å². The number of rotatable bonds is 10. The Morgan fingerprint density at radius 3 is 1.07 bits per heavy atom. The van der Waals surface area contributed by atoms with E-state index in [2.05, 4.69) is 335 Å². The second kappa shape index (κ2) is 19.4. The first kappa shape index (κ1) is 47.5. The third-order valence-electron chi connectivity index (χ3n) is 17.2. The topological polar surface area (TPSA) is 14.8 Å². The van der Waals surface area contributed by atoms with Crippen LogP contribution in [0, 0.1) is 0 Å². The van der Waals surface area contributed by atoms with Crippen molar-refractivity contribution in [2.24, 2.45) is 0 Å². The largest absolute Gasteiger partial charge is 0.309 e. The molecule has 0 atom stereocenters. The molecule has 13 aromatic carbocycles. The van der Waals surface area contributed by atoms with E-state index in [1.165, 1.54) is 97.4 Å². The lowest BCUT2D eigenvalue weighted by molar-refractivity contribution is 1.13. The highest BCUT2D eigenvalue weighted by molar-refractivity contribution is 7.20. The van der Waals surface area contributed by atoms with Crippen molar-refractivity contribution in [3.8, 4) is 50.4 Å². The van der Waals surface area contributed by atoms with Crippen LogP contribution in [0.5, 0.6) is 0 Å². The van der Waals surface area contributed by atoms with Gasteiger partial charge in [0, 0.05) is 49.4 Å². The van der Waals surface area contributed by atoms with Crippen LogP contribution in [-0.2, 0) is 0 Å². The Morgan fingerprint density at radius 1 is 0.171 bits per heavy atom. The molecule has 384 valence electrons. The highest BCUT2D eigenvalue weighted by Crippen LogP contribution is 2.41. The molecule has 0 N–H and O–H groups in total. The Bertz CT molecular complexity index is 5020. The zero-order valence-electron chi connectivity index (χ0n) is 44.9. The summed E-state index contributed by atoms with van der Waals surface area (Å²) in [6.45, 7) is 0. The molecule has 0 fully saturated rings. The molecule has 0 spiro atoms. The summed E-state index contributed by atoms with van der Waals surface area (Å²) in [5.41, 5.74) is 17.5. The van der Waals surface area contributed by atoms with Crippen LogP contribution in [0.15, 0.2) is 322 Å². The average Bonchev–Trinajstić information content (AvgIpc) is 3.65. The quantitative estimate of drug-likeness (QED) is 0.0958. The summed E-state index contributed by atoms with van der Waals surface area (Å²) in [7, 11) is -2.98. The van der Waals surface area contributed by atoms with E-state index in [1.54, 1.807) is 0 Å². The van der Waals surface area contributed by atoms with Crippen LogP contribution in [0.1, 0.15) is 0 Å². The van der Waals surface area contributed by atoms with Gasteiger partial charge in [0.2, 0.25) is 0 Å². The third kappa shape index (κ3) is 7.57. The maximum absolute atomic E-state index is 2.98. The lowest BCUT2D eigenvalue weighted by atomic mass is 10.0. The molecule has 16 rings (SSSR count). The molecule has 3 heterocycles. The van der Waals surface area contributed by atoms with E-state index in [1.807, 2.05) is 0 Å². The SMILES string of the molecule is c1ccc(-c2ccc([Si](c3ccccc3)(c3ccccc3)c3ccc4c5ccccc5n(-c5cc(-c6ccccc6)cc(-n6c7ccccc7c7cc(-n8c9ccccc9c9cc(-c%10ccccc%10)ccc98)ccc76)c5)c4c3)cc2)cc1. The minimum absolute atomic E-state index is 1.10. The summed E-state index contributed by atoms with van der Waals surface area (Å²) in [4.78, 5) is 0. The molecule has 0 radical (unpaired) electrons. The second-order valence-corrected chi connectivity index (χ2v) is 25.4. The molecule has 16 aromatic rings. The van der Waals surface area contributed by atoms with Gasteiger partial charge in [0.15, 0.2) is 8.07 Å². The smallest absolute Gasteiger partial charge is 0.179 e. The molecule has 0 bridgehead atoms. The molecule has 0 aliphatic rings. The van der Waals surface area contributed by atoms with Crippen LogP contribution in [0.25, 0.3) is 116 Å². The van der Waals surface area contributed by atoms with E-state index in [0.717, 1.165) is 39.2 Å². The predicted molar refractivity (Wildman–Crippen MR) is 349 cm³/mol. The molecule has 0 aliphatic heterocycles. The van der Waals surface area contributed by atoms with Gasteiger partial charge in [-0.25, -0.2) is 0 Å². The van der Waals surface area contributed by atoms with E-state index < -0.39 is 8.07 Å². The minimum Gasteiger partial charge on any atom is -0.309 e. The average molecular weight is 1060 g/mol. The summed E-state index contributed by atoms with van der Waals surface area (Å²) in [6, 6.07) is 120. The van der Waals surface area contributed by atoms with E-state index >= 15 is 0 Å². The molecule has 0 amide bonds. The minimum atomic E-state index is -2.98. The van der Waals surface area contributed by atoms with Crippen LogP contribution in [0.3, 0.4) is 0 Å². The number of aromatic nitrogens is 3. The number of fused-ring (bicyclic) bond motifs is 9. The predicted octanol–water partition coefficient (Wildman–Crippen LogP) is 17.4. The van der Waals surface area contributed by atoms with E-state index in [0.29, 0.717) is 0 Å². The molecule has 0 saturated carbocycles. The van der Waals surface area contributed by atoms with Crippen LogP contribution < -0.4 is 20.7 Å². The highest BCUT2D eigenvalue weighted by atomic mass is 28.3. The molecule has 3 nitrogen and oxygen atoms in total. The number of benzene rings is 13. The fraction of sp³-hybridized carbons (Fsp3) is 0. The van der Waals surface area contributed by atoms with Gasteiger partial charge in [-0.15, -0.1) is 0 Å². The van der Waals surface area contributed by atoms with Gasteiger partial charge >= 0.3 is 0 Å². The van der Waals surface area contributed by atoms with Crippen molar-refractivity contribution >= 4 is 94.2 Å². The monoisotopic (exact) mass is 1060 g/mol. The van der Waals surface area contributed by atoms with Gasteiger partial charge in [-0.1, -0.05) is 249 Å². The van der Waals surface area contributed by atoms with Crippen molar-refractivity contribution in [2.45, 2.75) is 0 Å². The van der Waals surface area contributed by atoms with Crippen molar-refractivity contribution in [3.63, 3.8) is 0 Å². The zero-order valence-corrected chi connectivity index (χ0v) is 45.9. The normalized spacial score (nSPS) is 11.9. The first-order chi connectivity index (χ1) is 40.7. The van der Waals surface area contributed by atoms with Gasteiger partial charge in [-0.05, 0) is 127 Å². The van der Waals surface area contributed by atoms with Crippen LogP contribution in [-0.4, -0.2) is 21.8 Å². The molecule has 0 unspecified atom stereocenters. The first-order valence-corrected chi connectivity index (χ1v) is 30.3. The van der Waals surface area contributed by atoms with Crippen molar-refractivity contribution in [2.75, 3.05) is 0 Å². The van der Waals surface area contributed by atoms with Crippen LogP contribution >= 0.6 is 0 Å². The maximum Gasteiger partial charge on any atom is 0.179 e. The first-order valence-electron chi connectivity index (χ1n) is 28.3. The Labute approximate surface area is 477 Å². The van der Waals surface area contributed by atoms with Gasteiger partial charge in [0.05, 0.1) is 33.1 Å². The number of hydrogen-bond acceptors (Lipinski definition) is 0. The van der Waals surface area contributed by atoms with Gasteiger partial charge < -0.3 is 13.7 Å². The van der Waals surface area contributed by atoms with Crippen molar-refractivity contribution < 1.29 is 0 Å². The van der Waals surface area contributed by atoms with E-state index in [9.17, 15) is 0 Å². The Morgan fingerprint density at radius 2 is 0.524 bits per heavy atom. The molecular weight excluding hydrogens is 1010 g/mol. The van der Waals surface area contributed by atoms with E-state index in [4.69, 9.17) is 0 Å². The molecular formula is C78H53N3Si. The number of para-hydroxylation sites is 3. The molecule has 0 aliphatic carbocycles. The third-order valence-corrected chi connectivity index (χ3v) is 21.9. The number of hydrogen-bond donors (Lipinski definition) is 0. The Balaban J connectivity index is 0.924. The Kier molecular flexibility index (Phi) is 11.2. The standard InChI is InChI=1S/C78H53N3Si/c1-6-22-54(23-7-1)57-38-42-65(43-39-57)82(63-28-12-4-13-29-63,64-30-14-5-15-31-64)66-44-45-70-67-32-16-19-35-73(67)81(78(70)53-66)62-49-59(56-26-10-3-11-27-56)48-61(51-62)80-75-37-21-18-34-69(75)72-52-60(41-47-77(72)80)79-74-36-20-17-33-68(74)71-50-58(40-46-76(71)79)55-24-8-2-9-25-55/h1-53H. The molecule has 3 aromatic heterocycles. The highest BCUT2D eigenvalue weighted by Gasteiger charge is 2.42. The van der Waals surface area contributed by atoms with Crippen LogP contribution in [0.2, 0.25) is 0 Å². The van der Waals surface area contributed by atoms with Gasteiger partial charge in [-0.3, -0.25) is 0 Å². The Hall–Kier alpha value is -10.5. The zero-order chi connectivity index (χ0) is 54.1.